The molecule has 0 bridgehead atoms. The first-order chi connectivity index (χ1) is 12.5. The highest BCUT2D eigenvalue weighted by Gasteiger charge is 2.16. The zero-order valence-electron chi connectivity index (χ0n) is 13.1. The Morgan fingerprint density at radius 1 is 0.962 bits per heavy atom. The van der Waals surface area contributed by atoms with Gasteiger partial charge in [0, 0.05) is 0 Å². The molecule has 3 aromatic rings. The summed E-state index contributed by atoms with van der Waals surface area (Å²) >= 11 is 0. The second-order valence-corrected chi connectivity index (χ2v) is 5.20. The molecule has 2 aromatic carbocycles. The Kier molecular flexibility index (Phi) is 4.78. The number of anilines is 1. The van der Waals surface area contributed by atoms with E-state index in [2.05, 4.69) is 15.3 Å². The van der Waals surface area contributed by atoms with E-state index in [9.17, 15) is 22.8 Å². The first kappa shape index (κ1) is 17.3. The van der Waals surface area contributed by atoms with Gasteiger partial charge in [-0.25, -0.2) is 18.2 Å². The van der Waals surface area contributed by atoms with Crippen LogP contribution in [0.25, 0.3) is 11.0 Å². The van der Waals surface area contributed by atoms with Crippen molar-refractivity contribution < 1.29 is 22.8 Å². The van der Waals surface area contributed by atoms with Crippen LogP contribution in [0.4, 0.5) is 18.9 Å². The summed E-state index contributed by atoms with van der Waals surface area (Å²) in [7, 11) is 0. The normalized spacial score (nSPS) is 10.6. The van der Waals surface area contributed by atoms with Gasteiger partial charge in [-0.2, -0.15) is 0 Å². The van der Waals surface area contributed by atoms with Gasteiger partial charge in [0.2, 0.25) is 5.91 Å². The predicted molar refractivity (Wildman–Crippen MR) is 86.8 cm³/mol. The van der Waals surface area contributed by atoms with E-state index in [1.54, 1.807) is 24.3 Å². The Bertz CT molecular complexity index is 1010. The predicted octanol–water partition coefficient (Wildman–Crippen LogP) is 2.42. The molecule has 0 aliphatic carbocycles. The van der Waals surface area contributed by atoms with Crippen LogP contribution >= 0.6 is 0 Å². The fraction of sp³-hybridized carbons (Fsp3) is 0.0588. The van der Waals surface area contributed by atoms with Crippen molar-refractivity contribution in [1.29, 1.82) is 0 Å². The molecule has 26 heavy (non-hydrogen) atoms. The van der Waals surface area contributed by atoms with E-state index in [0.29, 0.717) is 17.1 Å². The SMILES string of the molecule is O=C(CNC(=O)c1cnc2ccccc2n1)Nc1ccc(F)c(F)c1F. The van der Waals surface area contributed by atoms with E-state index < -0.39 is 41.5 Å². The number of amides is 2. The lowest BCUT2D eigenvalue weighted by Crippen LogP contribution is -2.33. The topological polar surface area (TPSA) is 84.0 Å². The van der Waals surface area contributed by atoms with Crippen LogP contribution < -0.4 is 10.6 Å². The average molecular weight is 360 g/mol. The number of carbonyl (C=O) groups excluding carboxylic acids is 2. The molecule has 9 heteroatoms. The molecule has 0 saturated heterocycles. The molecular formula is C17H11F3N4O2. The quantitative estimate of drug-likeness (QED) is 0.700. The molecule has 2 amide bonds. The highest BCUT2D eigenvalue weighted by atomic mass is 19.2. The highest BCUT2D eigenvalue weighted by molar-refractivity contribution is 5.99. The fourth-order valence-corrected chi connectivity index (χ4v) is 2.13. The molecular weight excluding hydrogens is 349 g/mol. The third-order valence-electron chi connectivity index (χ3n) is 3.40. The van der Waals surface area contributed by atoms with Crippen molar-refractivity contribution in [3.05, 3.63) is 65.7 Å². The average Bonchev–Trinajstić information content (AvgIpc) is 2.66. The highest BCUT2D eigenvalue weighted by Crippen LogP contribution is 2.19. The van der Waals surface area contributed by atoms with Crippen molar-refractivity contribution >= 4 is 28.5 Å². The molecule has 0 unspecified atom stereocenters. The van der Waals surface area contributed by atoms with Gasteiger partial charge in [0.25, 0.3) is 5.91 Å². The van der Waals surface area contributed by atoms with Crippen LogP contribution in [-0.2, 0) is 4.79 Å². The number of para-hydroxylation sites is 2. The molecule has 0 fully saturated rings. The van der Waals surface area contributed by atoms with E-state index in [4.69, 9.17) is 0 Å². The minimum absolute atomic E-state index is 0.00416. The van der Waals surface area contributed by atoms with Crippen molar-refractivity contribution in [2.45, 2.75) is 0 Å². The number of rotatable bonds is 4. The molecule has 0 aliphatic rings. The number of hydrogen-bond acceptors (Lipinski definition) is 4. The second-order valence-electron chi connectivity index (χ2n) is 5.20. The molecule has 132 valence electrons. The van der Waals surface area contributed by atoms with Gasteiger partial charge < -0.3 is 10.6 Å². The lowest BCUT2D eigenvalue weighted by atomic mass is 10.2. The lowest BCUT2D eigenvalue weighted by molar-refractivity contribution is -0.115. The summed E-state index contributed by atoms with van der Waals surface area (Å²) in [6, 6.07) is 8.48. The van der Waals surface area contributed by atoms with Crippen LogP contribution in [0.1, 0.15) is 10.5 Å². The minimum Gasteiger partial charge on any atom is -0.342 e. The van der Waals surface area contributed by atoms with Gasteiger partial charge in [-0.1, -0.05) is 12.1 Å². The Morgan fingerprint density at radius 2 is 1.69 bits per heavy atom. The second kappa shape index (κ2) is 7.18. The van der Waals surface area contributed by atoms with Crippen molar-refractivity contribution in [2.24, 2.45) is 0 Å². The van der Waals surface area contributed by atoms with Crippen LogP contribution in [0.5, 0.6) is 0 Å². The Labute approximate surface area is 145 Å². The molecule has 2 N–H and O–H groups in total. The lowest BCUT2D eigenvalue weighted by Gasteiger charge is -2.08. The molecule has 0 aliphatic heterocycles. The number of fused-ring (bicyclic) bond motifs is 1. The summed E-state index contributed by atoms with van der Waals surface area (Å²) in [6.45, 7) is -0.522. The monoisotopic (exact) mass is 360 g/mol. The smallest absolute Gasteiger partial charge is 0.271 e. The number of nitrogens with zero attached hydrogens (tertiary/aromatic N) is 2. The maximum Gasteiger partial charge on any atom is 0.271 e. The third-order valence-corrected chi connectivity index (χ3v) is 3.40. The summed E-state index contributed by atoms with van der Waals surface area (Å²) in [5.74, 6) is -6.08. The van der Waals surface area contributed by atoms with E-state index in [1.807, 2.05) is 5.32 Å². The van der Waals surface area contributed by atoms with E-state index >= 15 is 0 Å². The Hall–Kier alpha value is -3.49. The maximum absolute atomic E-state index is 13.5. The molecule has 0 saturated carbocycles. The summed E-state index contributed by atoms with van der Waals surface area (Å²) in [6.07, 6.45) is 1.25. The van der Waals surface area contributed by atoms with Crippen LogP contribution in [0, 0.1) is 17.5 Å². The molecule has 0 spiro atoms. The maximum atomic E-state index is 13.5. The van der Waals surface area contributed by atoms with Gasteiger partial charge in [-0.15, -0.1) is 0 Å². The first-order valence-corrected chi connectivity index (χ1v) is 7.39. The number of carbonyl (C=O) groups is 2. The van der Waals surface area contributed by atoms with Crippen LogP contribution in [-0.4, -0.2) is 28.3 Å². The van der Waals surface area contributed by atoms with Crippen molar-refractivity contribution in [1.82, 2.24) is 15.3 Å². The first-order valence-electron chi connectivity index (χ1n) is 7.39. The van der Waals surface area contributed by atoms with Gasteiger partial charge in [0.1, 0.15) is 5.69 Å². The van der Waals surface area contributed by atoms with Gasteiger partial charge >= 0.3 is 0 Å². The number of hydrogen-bond donors (Lipinski definition) is 2. The molecule has 0 atom stereocenters. The summed E-state index contributed by atoms with van der Waals surface area (Å²) in [5, 5.41) is 4.33. The fourth-order valence-electron chi connectivity index (χ4n) is 2.13. The van der Waals surface area contributed by atoms with Gasteiger partial charge in [-0.3, -0.25) is 14.6 Å². The van der Waals surface area contributed by atoms with Gasteiger partial charge in [0.05, 0.1) is 29.5 Å². The van der Waals surface area contributed by atoms with E-state index in [1.165, 1.54) is 6.20 Å². The number of aromatic nitrogens is 2. The van der Waals surface area contributed by atoms with Gasteiger partial charge in [-0.05, 0) is 24.3 Å². The minimum atomic E-state index is -1.70. The molecule has 6 nitrogen and oxygen atoms in total. The zero-order valence-corrected chi connectivity index (χ0v) is 13.1. The van der Waals surface area contributed by atoms with E-state index in [0.717, 1.165) is 6.07 Å². The third kappa shape index (κ3) is 3.61. The van der Waals surface area contributed by atoms with Crippen molar-refractivity contribution in [2.75, 3.05) is 11.9 Å². The molecule has 3 rings (SSSR count). The zero-order chi connectivity index (χ0) is 18.7. The molecule has 0 radical (unpaired) electrons. The van der Waals surface area contributed by atoms with E-state index in [-0.39, 0.29) is 5.69 Å². The van der Waals surface area contributed by atoms with Crippen LogP contribution in [0.2, 0.25) is 0 Å². The Morgan fingerprint density at radius 3 is 2.46 bits per heavy atom. The largest absolute Gasteiger partial charge is 0.342 e. The standard InChI is InChI=1S/C17H11F3N4O2/c18-9-5-6-12(16(20)15(9)19)24-14(25)8-22-17(26)13-7-21-10-3-1-2-4-11(10)23-13/h1-7H,8H2,(H,22,26)(H,24,25). The van der Waals surface area contributed by atoms with Gasteiger partial charge in [0.15, 0.2) is 17.5 Å². The van der Waals surface area contributed by atoms with Crippen LogP contribution in [0.15, 0.2) is 42.6 Å². The van der Waals surface area contributed by atoms with Crippen molar-refractivity contribution in [3.8, 4) is 0 Å². The van der Waals surface area contributed by atoms with Crippen molar-refractivity contribution in [3.63, 3.8) is 0 Å². The Balaban J connectivity index is 1.63. The summed E-state index contributed by atoms with van der Waals surface area (Å²) in [4.78, 5) is 32.0. The number of nitrogens with one attached hydrogen (secondary N) is 2. The number of halogens is 3. The molecule has 1 heterocycles. The summed E-state index contributed by atoms with van der Waals surface area (Å²) in [5.41, 5.74) is 0.577. The summed E-state index contributed by atoms with van der Waals surface area (Å²) < 4.78 is 39.5. The molecule has 1 aromatic heterocycles. The number of benzene rings is 2. The van der Waals surface area contributed by atoms with Crippen LogP contribution in [0.3, 0.4) is 0 Å².